The minimum Gasteiger partial charge on any atom is -0.347 e. The van der Waals surface area contributed by atoms with Gasteiger partial charge in [-0.25, -0.2) is 0 Å². The lowest BCUT2D eigenvalue weighted by molar-refractivity contribution is 0.0926. The third-order valence-electron chi connectivity index (χ3n) is 2.55. The number of carbonyl (C=O) groups excluding carboxylic acids is 1. The molecular weight excluding hydrogens is 204 g/mol. The van der Waals surface area contributed by atoms with Crippen LogP contribution < -0.4 is 11.1 Å². The van der Waals surface area contributed by atoms with Crippen molar-refractivity contribution in [3.05, 3.63) is 17.5 Å². The standard InChI is InChI=1S/C11H20N4O/c1-4-9(7-12)13-11(16)10-6-8(3)14-15(10)5-2/h6,9H,4-5,7,12H2,1-3H3,(H,13,16). The van der Waals surface area contributed by atoms with Gasteiger partial charge in [0, 0.05) is 19.1 Å². The SMILES string of the molecule is CCC(CN)NC(=O)c1cc(C)nn1CC. The molecule has 0 radical (unpaired) electrons. The Balaban J connectivity index is 2.79. The summed E-state index contributed by atoms with van der Waals surface area (Å²) in [6.45, 7) is 6.99. The first-order valence-electron chi connectivity index (χ1n) is 5.67. The highest BCUT2D eigenvalue weighted by Gasteiger charge is 2.15. The summed E-state index contributed by atoms with van der Waals surface area (Å²) < 4.78 is 1.70. The van der Waals surface area contributed by atoms with Gasteiger partial charge in [-0.15, -0.1) is 0 Å². The molecule has 16 heavy (non-hydrogen) atoms. The van der Waals surface area contributed by atoms with Gasteiger partial charge in [-0.3, -0.25) is 9.48 Å². The summed E-state index contributed by atoms with van der Waals surface area (Å²) in [7, 11) is 0. The Kier molecular flexibility index (Phi) is 4.49. The van der Waals surface area contributed by atoms with Crippen LogP contribution in [0.25, 0.3) is 0 Å². The molecule has 0 bridgehead atoms. The zero-order chi connectivity index (χ0) is 12.1. The number of nitrogens with one attached hydrogen (secondary N) is 1. The quantitative estimate of drug-likeness (QED) is 0.772. The fourth-order valence-corrected chi connectivity index (χ4v) is 1.56. The molecule has 0 saturated carbocycles. The van der Waals surface area contributed by atoms with Gasteiger partial charge in [0.2, 0.25) is 0 Å². The summed E-state index contributed by atoms with van der Waals surface area (Å²) in [5, 5.41) is 7.13. The molecule has 1 atom stereocenters. The normalized spacial score (nSPS) is 12.5. The zero-order valence-electron chi connectivity index (χ0n) is 10.2. The number of hydrogen-bond donors (Lipinski definition) is 2. The summed E-state index contributed by atoms with van der Waals surface area (Å²) in [6, 6.07) is 1.83. The van der Waals surface area contributed by atoms with E-state index in [-0.39, 0.29) is 11.9 Å². The van der Waals surface area contributed by atoms with E-state index in [0.717, 1.165) is 12.1 Å². The molecule has 90 valence electrons. The average Bonchev–Trinajstić information content (AvgIpc) is 2.67. The molecule has 1 aromatic rings. The van der Waals surface area contributed by atoms with Crippen molar-refractivity contribution in [3.63, 3.8) is 0 Å². The molecule has 5 heteroatoms. The van der Waals surface area contributed by atoms with Gasteiger partial charge in [-0.05, 0) is 26.3 Å². The topological polar surface area (TPSA) is 72.9 Å². The van der Waals surface area contributed by atoms with E-state index in [2.05, 4.69) is 10.4 Å². The first kappa shape index (κ1) is 12.7. The molecule has 5 nitrogen and oxygen atoms in total. The smallest absolute Gasteiger partial charge is 0.269 e. The molecule has 0 fully saturated rings. The van der Waals surface area contributed by atoms with Crippen LogP contribution in [0.3, 0.4) is 0 Å². The second-order valence-corrected chi connectivity index (χ2v) is 3.80. The van der Waals surface area contributed by atoms with Crippen LogP contribution in [-0.2, 0) is 6.54 Å². The van der Waals surface area contributed by atoms with Gasteiger partial charge in [0.25, 0.3) is 5.91 Å². The number of nitrogens with two attached hydrogens (primary N) is 1. The Morgan fingerprint density at radius 1 is 1.62 bits per heavy atom. The third-order valence-corrected chi connectivity index (χ3v) is 2.55. The van der Waals surface area contributed by atoms with Crippen molar-refractivity contribution < 1.29 is 4.79 Å². The van der Waals surface area contributed by atoms with Gasteiger partial charge in [-0.1, -0.05) is 6.92 Å². The zero-order valence-corrected chi connectivity index (χ0v) is 10.2. The fraction of sp³-hybridized carbons (Fsp3) is 0.636. The van der Waals surface area contributed by atoms with Gasteiger partial charge in [-0.2, -0.15) is 5.10 Å². The van der Waals surface area contributed by atoms with E-state index < -0.39 is 0 Å². The molecule has 1 unspecified atom stereocenters. The largest absolute Gasteiger partial charge is 0.347 e. The maximum atomic E-state index is 11.9. The second kappa shape index (κ2) is 5.65. The van der Waals surface area contributed by atoms with Crippen LogP contribution in [0.15, 0.2) is 6.07 Å². The molecule has 1 rings (SSSR count). The molecule has 1 amide bonds. The van der Waals surface area contributed by atoms with Gasteiger partial charge >= 0.3 is 0 Å². The fourth-order valence-electron chi connectivity index (χ4n) is 1.56. The van der Waals surface area contributed by atoms with Crippen molar-refractivity contribution in [3.8, 4) is 0 Å². The van der Waals surface area contributed by atoms with Crippen molar-refractivity contribution in [2.24, 2.45) is 5.73 Å². The Bertz CT molecular complexity index is 355. The molecule has 0 aliphatic rings. The highest BCUT2D eigenvalue weighted by molar-refractivity contribution is 5.92. The highest BCUT2D eigenvalue weighted by atomic mass is 16.2. The maximum Gasteiger partial charge on any atom is 0.269 e. The van der Waals surface area contributed by atoms with E-state index >= 15 is 0 Å². The molecule has 0 aliphatic heterocycles. The molecule has 0 aromatic carbocycles. The number of carbonyl (C=O) groups is 1. The number of hydrogen-bond acceptors (Lipinski definition) is 3. The van der Waals surface area contributed by atoms with E-state index in [9.17, 15) is 4.79 Å². The van der Waals surface area contributed by atoms with E-state index in [0.29, 0.717) is 18.8 Å². The Labute approximate surface area is 96.0 Å². The van der Waals surface area contributed by atoms with Crippen LogP contribution in [0, 0.1) is 6.92 Å². The lowest BCUT2D eigenvalue weighted by Crippen LogP contribution is -2.40. The van der Waals surface area contributed by atoms with Crippen LogP contribution in [-0.4, -0.2) is 28.3 Å². The monoisotopic (exact) mass is 224 g/mol. The number of aromatic nitrogens is 2. The van der Waals surface area contributed by atoms with Crippen molar-refractivity contribution in [2.45, 2.75) is 39.8 Å². The number of nitrogens with zero attached hydrogens (tertiary/aromatic N) is 2. The van der Waals surface area contributed by atoms with Crippen LogP contribution in [0.4, 0.5) is 0 Å². The van der Waals surface area contributed by atoms with E-state index in [4.69, 9.17) is 5.73 Å². The van der Waals surface area contributed by atoms with Crippen LogP contribution in [0.2, 0.25) is 0 Å². The summed E-state index contributed by atoms with van der Waals surface area (Å²) >= 11 is 0. The Morgan fingerprint density at radius 3 is 2.81 bits per heavy atom. The van der Waals surface area contributed by atoms with E-state index in [1.807, 2.05) is 20.8 Å². The predicted molar refractivity (Wildman–Crippen MR) is 63.2 cm³/mol. The molecule has 0 spiro atoms. The number of aryl methyl sites for hydroxylation is 2. The molecular formula is C11H20N4O. The summed E-state index contributed by atoms with van der Waals surface area (Å²) in [5.74, 6) is -0.0975. The average molecular weight is 224 g/mol. The van der Waals surface area contributed by atoms with Crippen LogP contribution >= 0.6 is 0 Å². The lowest BCUT2D eigenvalue weighted by Gasteiger charge is -2.14. The number of rotatable bonds is 5. The Morgan fingerprint density at radius 2 is 2.31 bits per heavy atom. The predicted octanol–water partition coefficient (Wildman–Crippen LogP) is 0.679. The van der Waals surface area contributed by atoms with Gasteiger partial charge in [0.1, 0.15) is 5.69 Å². The minimum atomic E-state index is -0.0975. The summed E-state index contributed by atoms with van der Waals surface area (Å²) in [4.78, 5) is 11.9. The van der Waals surface area contributed by atoms with Gasteiger partial charge in [0.05, 0.1) is 5.69 Å². The Hall–Kier alpha value is -1.36. The van der Waals surface area contributed by atoms with Gasteiger partial charge in [0.15, 0.2) is 0 Å². The molecule has 0 saturated heterocycles. The van der Waals surface area contributed by atoms with E-state index in [1.165, 1.54) is 0 Å². The first-order valence-corrected chi connectivity index (χ1v) is 5.67. The maximum absolute atomic E-state index is 11.9. The van der Waals surface area contributed by atoms with Crippen LogP contribution in [0.1, 0.15) is 36.5 Å². The lowest BCUT2D eigenvalue weighted by atomic mass is 10.2. The van der Waals surface area contributed by atoms with Crippen LogP contribution in [0.5, 0.6) is 0 Å². The number of amides is 1. The minimum absolute atomic E-state index is 0.0352. The van der Waals surface area contributed by atoms with Crippen molar-refractivity contribution >= 4 is 5.91 Å². The van der Waals surface area contributed by atoms with Crippen molar-refractivity contribution in [1.82, 2.24) is 15.1 Å². The molecule has 1 heterocycles. The summed E-state index contributed by atoms with van der Waals surface area (Å²) in [5.41, 5.74) is 7.01. The highest BCUT2D eigenvalue weighted by Crippen LogP contribution is 2.04. The summed E-state index contributed by atoms with van der Waals surface area (Å²) in [6.07, 6.45) is 0.835. The molecule has 3 N–H and O–H groups in total. The molecule has 0 aliphatic carbocycles. The van der Waals surface area contributed by atoms with Crippen molar-refractivity contribution in [2.75, 3.05) is 6.54 Å². The second-order valence-electron chi connectivity index (χ2n) is 3.80. The van der Waals surface area contributed by atoms with E-state index in [1.54, 1.807) is 10.7 Å². The third kappa shape index (κ3) is 2.82. The molecule has 1 aromatic heterocycles. The van der Waals surface area contributed by atoms with Gasteiger partial charge < -0.3 is 11.1 Å². The van der Waals surface area contributed by atoms with Crippen molar-refractivity contribution in [1.29, 1.82) is 0 Å². The first-order chi connectivity index (χ1) is 7.62.